The number of aryl methyl sites for hydroxylation is 2. The molecule has 2 aromatic carbocycles. The molecule has 0 radical (unpaired) electrons. The molecule has 0 unspecified atom stereocenters. The summed E-state index contributed by atoms with van der Waals surface area (Å²) in [6.45, 7) is 23.1. The molecule has 0 aliphatic carbocycles. The van der Waals surface area contributed by atoms with E-state index in [2.05, 4.69) is 103 Å². The summed E-state index contributed by atoms with van der Waals surface area (Å²) in [6.07, 6.45) is 2.13. The second-order valence-electron chi connectivity index (χ2n) is 8.85. The van der Waals surface area contributed by atoms with E-state index in [4.69, 9.17) is 10.1 Å². The summed E-state index contributed by atoms with van der Waals surface area (Å²) in [5, 5.41) is 5.03. The topological polar surface area (TPSA) is 37.3 Å². The molecule has 0 heterocycles. The van der Waals surface area contributed by atoms with Gasteiger partial charge in [-0.3, -0.25) is 0 Å². The van der Waals surface area contributed by atoms with E-state index in [0.717, 1.165) is 30.3 Å². The van der Waals surface area contributed by atoms with Crippen LogP contribution in [0, 0.1) is 13.8 Å². The number of ether oxygens (including phenoxy) is 1. The predicted octanol–water partition coefficient (Wildman–Crippen LogP) is 4.00. The van der Waals surface area contributed by atoms with Crippen molar-refractivity contribution in [3.8, 4) is 0 Å². The zero-order chi connectivity index (χ0) is 24.3. The molecule has 1 N–H and O–H groups in total. The number of allylic oxidation sites excluding steroid dienone is 2. The Bertz CT molecular complexity index is 872. The van der Waals surface area contributed by atoms with Gasteiger partial charge >= 0.3 is 23.1 Å². The molecule has 5 heteroatoms. The average Bonchev–Trinajstić information content (AvgIpc) is 2.71. The second kappa shape index (κ2) is 18.4. The number of benzene rings is 2. The van der Waals surface area contributed by atoms with Crippen LogP contribution in [0.15, 0.2) is 48.2 Å². The minimum absolute atomic E-state index is 0. The fourth-order valence-electron chi connectivity index (χ4n) is 3.61. The molecule has 34 heavy (non-hydrogen) atoms. The van der Waals surface area contributed by atoms with Gasteiger partial charge in [0.25, 0.3) is 0 Å². The number of hydrogen-bond donors (Lipinski definition) is 1. The van der Waals surface area contributed by atoms with Crippen molar-refractivity contribution >= 4 is 40.1 Å². The van der Waals surface area contributed by atoms with Gasteiger partial charge in [-0.2, -0.15) is 5.70 Å². The van der Waals surface area contributed by atoms with Gasteiger partial charge in [0.15, 0.2) is 5.71 Å². The van der Waals surface area contributed by atoms with Gasteiger partial charge in [-0.15, -0.1) is 5.69 Å². The number of para-hydroxylation sites is 2. The zero-order valence-corrected chi connectivity index (χ0v) is 26.6. The largest absolute Gasteiger partial charge is 2.00 e. The van der Waals surface area contributed by atoms with Crippen molar-refractivity contribution in [1.29, 1.82) is 0 Å². The van der Waals surface area contributed by atoms with Gasteiger partial charge in [0.2, 0.25) is 5.69 Å². The Balaban J connectivity index is 0. The van der Waals surface area contributed by atoms with Gasteiger partial charge in [-0.1, -0.05) is 82.1 Å². The third-order valence-corrected chi connectivity index (χ3v) is 5.27. The van der Waals surface area contributed by atoms with Crippen molar-refractivity contribution in [2.75, 3.05) is 13.2 Å². The molecule has 0 spiro atoms. The molecule has 0 aromatic heterocycles. The molecule has 0 fully saturated rings. The van der Waals surface area contributed by atoms with Gasteiger partial charge in [0, 0.05) is 31.3 Å². The smallest absolute Gasteiger partial charge is 1.00 e. The molecular formula is C29H44IMgN2O+. The third-order valence-electron chi connectivity index (χ3n) is 5.27. The molecule has 2 rings (SSSR count). The number of nitrogens with one attached hydrogen (secondary N) is 1. The van der Waals surface area contributed by atoms with Crippen molar-refractivity contribution in [3.63, 3.8) is 0 Å². The van der Waals surface area contributed by atoms with Gasteiger partial charge in [0.1, 0.15) is 0 Å². The molecule has 0 bridgehead atoms. The van der Waals surface area contributed by atoms with Crippen LogP contribution in [-0.4, -0.2) is 42.0 Å². The summed E-state index contributed by atoms with van der Waals surface area (Å²) in [7, 11) is 0. The number of nitrogens with zero attached hydrogens (tertiary/aromatic N) is 1. The van der Waals surface area contributed by atoms with Gasteiger partial charge in [-0.25, -0.2) is 4.99 Å². The quantitative estimate of drug-likeness (QED) is 0.283. The van der Waals surface area contributed by atoms with E-state index in [9.17, 15) is 0 Å². The average molecular weight is 588 g/mol. The number of hydrogen-bond acceptors (Lipinski definition) is 1. The molecule has 2 aromatic rings. The van der Waals surface area contributed by atoms with E-state index in [-0.39, 0.29) is 47.0 Å². The van der Waals surface area contributed by atoms with Crippen LogP contribution in [0.3, 0.4) is 0 Å². The molecule has 3 nitrogen and oxygen atoms in total. The summed E-state index contributed by atoms with van der Waals surface area (Å²) >= 11 is 0. The van der Waals surface area contributed by atoms with Crippen molar-refractivity contribution < 1.29 is 33.7 Å². The van der Waals surface area contributed by atoms with Gasteiger partial charge in [-0.05, 0) is 45.6 Å². The van der Waals surface area contributed by atoms with Gasteiger partial charge in [0.05, 0.1) is 0 Å². The molecular weight excluding hydrogens is 544 g/mol. The monoisotopic (exact) mass is 587 g/mol. The normalized spacial score (nSPS) is 11.4. The number of halogens is 1. The maximum absolute atomic E-state index is 5.03. The molecule has 0 saturated carbocycles. The SMILES string of the molecule is CC(/C=C(/C)[N-]c1c(C(C)C)cccc1C(C)C)=[NH+]c1c(C)cccc1C.CCOCC.[I-].[Mg+2]. The Labute approximate surface area is 242 Å². The molecule has 0 saturated heterocycles. The number of rotatable bonds is 8. The van der Waals surface area contributed by atoms with Gasteiger partial charge < -0.3 is 34.0 Å². The van der Waals surface area contributed by atoms with Crippen molar-refractivity contribution in [2.24, 2.45) is 0 Å². The first-order chi connectivity index (χ1) is 15.1. The van der Waals surface area contributed by atoms with Crippen LogP contribution in [0.2, 0.25) is 0 Å². The summed E-state index contributed by atoms with van der Waals surface area (Å²) < 4.78 is 4.83. The molecule has 0 aliphatic heterocycles. The Hall–Kier alpha value is -0.894. The van der Waals surface area contributed by atoms with E-state index in [1.54, 1.807) is 0 Å². The summed E-state index contributed by atoms with van der Waals surface area (Å²) in [5.41, 5.74) is 9.57. The van der Waals surface area contributed by atoms with Crippen molar-refractivity contribution in [3.05, 3.63) is 75.7 Å². The first kappa shape index (κ1) is 35.3. The molecule has 0 atom stereocenters. The Kier molecular flexibility index (Phi) is 19.1. The maximum Gasteiger partial charge on any atom is 2.00 e. The fraction of sp³-hybridized carbons (Fsp3) is 0.483. The van der Waals surface area contributed by atoms with E-state index < -0.39 is 0 Å². The molecule has 0 aliphatic rings. The minimum Gasteiger partial charge on any atom is -1.00 e. The predicted molar refractivity (Wildman–Crippen MR) is 147 cm³/mol. The van der Waals surface area contributed by atoms with Crippen LogP contribution in [0.1, 0.15) is 89.5 Å². The summed E-state index contributed by atoms with van der Waals surface area (Å²) in [4.78, 5) is 3.55. The van der Waals surface area contributed by atoms with E-state index in [1.165, 1.54) is 27.9 Å². The Morgan fingerprint density at radius 3 is 1.71 bits per heavy atom. The van der Waals surface area contributed by atoms with Crippen LogP contribution in [0.4, 0.5) is 11.4 Å². The Morgan fingerprint density at radius 2 is 1.32 bits per heavy atom. The van der Waals surface area contributed by atoms with Crippen LogP contribution in [0.5, 0.6) is 0 Å². The van der Waals surface area contributed by atoms with Crippen LogP contribution in [0.25, 0.3) is 5.32 Å². The van der Waals surface area contributed by atoms with Crippen LogP contribution < -0.4 is 29.0 Å². The van der Waals surface area contributed by atoms with Crippen molar-refractivity contribution in [2.45, 2.75) is 81.1 Å². The fourth-order valence-corrected chi connectivity index (χ4v) is 3.61. The minimum atomic E-state index is 0. The zero-order valence-electron chi connectivity index (χ0n) is 23.1. The molecule has 184 valence electrons. The van der Waals surface area contributed by atoms with E-state index >= 15 is 0 Å². The standard InChI is InChI=1S/C25H33N2.C4H10O.HI.Mg/c1-16(2)22-13-10-14-23(17(3)4)25(22)27-21(8)15-20(7)26-24-18(5)11-9-12-19(24)6;1-3-5-4-2;;/h9-17H,1-8H3;3-4H2,1-2H3;1H;/q-1;;;+2/b21-15-,26-20?;;;. The second-order valence-corrected chi connectivity index (χ2v) is 8.85. The first-order valence-corrected chi connectivity index (χ1v) is 11.9. The third kappa shape index (κ3) is 11.7. The molecule has 0 amide bonds. The van der Waals surface area contributed by atoms with Crippen molar-refractivity contribution in [1.82, 2.24) is 0 Å². The van der Waals surface area contributed by atoms with Crippen LogP contribution >= 0.6 is 0 Å². The van der Waals surface area contributed by atoms with Crippen LogP contribution in [-0.2, 0) is 4.74 Å². The van der Waals surface area contributed by atoms with E-state index in [0.29, 0.717) is 11.8 Å². The summed E-state index contributed by atoms with van der Waals surface area (Å²) in [5.74, 6) is 0.904. The summed E-state index contributed by atoms with van der Waals surface area (Å²) in [6, 6.07) is 12.9. The first-order valence-electron chi connectivity index (χ1n) is 11.9. The van der Waals surface area contributed by atoms with E-state index in [1.807, 2.05) is 13.8 Å². The Morgan fingerprint density at radius 1 is 0.882 bits per heavy atom. The maximum atomic E-state index is 5.03.